The van der Waals surface area contributed by atoms with E-state index in [0.29, 0.717) is 0 Å². The molecule has 0 spiro atoms. The van der Waals surface area contributed by atoms with Gasteiger partial charge in [-0.15, -0.1) is 0 Å². The van der Waals surface area contributed by atoms with E-state index in [1.165, 1.54) is 17.0 Å². The Kier molecular flexibility index (Phi) is 4.20. The minimum Gasteiger partial charge on any atom is -0.311 e. The van der Waals surface area contributed by atoms with Crippen LogP contribution in [0.2, 0.25) is 5.02 Å². The molecule has 0 bridgehead atoms. The summed E-state index contributed by atoms with van der Waals surface area (Å²) in [6, 6.07) is 3.86. The average Bonchev–Trinajstić information content (AvgIpc) is 2.73. The maximum absolute atomic E-state index is 13.4. The summed E-state index contributed by atoms with van der Waals surface area (Å²) in [6.45, 7) is -0.0126. The molecule has 1 heterocycles. The molecule has 1 N–H and O–H groups in total. The van der Waals surface area contributed by atoms with Gasteiger partial charge in [0.15, 0.2) is 0 Å². The summed E-state index contributed by atoms with van der Waals surface area (Å²) in [4.78, 5) is 24.9. The Morgan fingerprint density at radius 1 is 1.48 bits per heavy atom. The third-order valence-electron chi connectivity index (χ3n) is 3.00. The summed E-state index contributed by atoms with van der Waals surface area (Å²) in [5.41, 5.74) is 0.275. The number of anilines is 1. The van der Waals surface area contributed by atoms with Crippen LogP contribution in [0.4, 0.5) is 10.1 Å². The molecular weight excluding hydrogens is 323 g/mol. The van der Waals surface area contributed by atoms with Crippen molar-refractivity contribution in [3.8, 4) is 0 Å². The zero-order valence-corrected chi connectivity index (χ0v) is 12.5. The van der Waals surface area contributed by atoms with E-state index >= 15 is 0 Å². The Morgan fingerprint density at radius 2 is 2.14 bits per heavy atom. The fourth-order valence-electron chi connectivity index (χ4n) is 2.05. The van der Waals surface area contributed by atoms with E-state index < -0.39 is 27.7 Å². The summed E-state index contributed by atoms with van der Waals surface area (Å²) in [5.74, 6) is -2.61. The van der Waals surface area contributed by atoms with Gasteiger partial charge < -0.3 is 4.90 Å². The number of benzene rings is 1. The van der Waals surface area contributed by atoms with E-state index in [9.17, 15) is 22.4 Å². The van der Waals surface area contributed by atoms with E-state index in [1.807, 2.05) is 4.72 Å². The van der Waals surface area contributed by atoms with Gasteiger partial charge in [0.25, 0.3) is 0 Å². The van der Waals surface area contributed by atoms with Crippen LogP contribution in [0.1, 0.15) is 6.42 Å². The molecule has 1 saturated heterocycles. The van der Waals surface area contributed by atoms with Crippen molar-refractivity contribution in [1.29, 1.82) is 0 Å². The monoisotopic (exact) mass is 334 g/mol. The summed E-state index contributed by atoms with van der Waals surface area (Å²) in [7, 11) is -3.68. The van der Waals surface area contributed by atoms with Crippen LogP contribution in [0.5, 0.6) is 0 Å². The lowest BCUT2D eigenvalue weighted by Gasteiger charge is -2.16. The van der Waals surface area contributed by atoms with Crippen LogP contribution in [0.25, 0.3) is 0 Å². The first-order valence-corrected chi connectivity index (χ1v) is 8.21. The first-order chi connectivity index (χ1) is 9.67. The van der Waals surface area contributed by atoms with Crippen LogP contribution in [-0.2, 0) is 19.6 Å². The smallest absolute Gasteiger partial charge is 0.238 e. The second-order valence-electron chi connectivity index (χ2n) is 4.74. The van der Waals surface area contributed by atoms with E-state index in [-0.39, 0.29) is 29.6 Å². The molecule has 0 saturated carbocycles. The van der Waals surface area contributed by atoms with Crippen molar-refractivity contribution in [3.63, 3.8) is 0 Å². The number of amides is 2. The molecule has 0 aromatic heterocycles. The highest BCUT2D eigenvalue weighted by molar-refractivity contribution is 7.89. The number of sulfonamides is 1. The number of carbonyl (C=O) groups is 2. The molecule has 114 valence electrons. The van der Waals surface area contributed by atoms with Crippen LogP contribution in [0.15, 0.2) is 18.2 Å². The zero-order chi connectivity index (χ0) is 15.8. The second kappa shape index (κ2) is 5.61. The van der Waals surface area contributed by atoms with Crippen molar-refractivity contribution >= 4 is 39.1 Å². The molecule has 2 rings (SSSR count). The third-order valence-corrected chi connectivity index (χ3v) is 3.88. The van der Waals surface area contributed by atoms with Gasteiger partial charge in [0.1, 0.15) is 5.82 Å². The van der Waals surface area contributed by atoms with Gasteiger partial charge in [-0.05, 0) is 18.2 Å². The number of rotatable bonds is 3. The molecule has 1 aromatic rings. The Labute approximate surface area is 125 Å². The highest BCUT2D eigenvalue weighted by Crippen LogP contribution is 2.28. The highest BCUT2D eigenvalue weighted by Gasteiger charge is 2.36. The molecular formula is C12H12ClFN2O4S. The van der Waals surface area contributed by atoms with Crippen molar-refractivity contribution in [1.82, 2.24) is 4.72 Å². The topological polar surface area (TPSA) is 83.5 Å². The second-order valence-corrected chi connectivity index (χ2v) is 6.90. The Morgan fingerprint density at radius 3 is 2.71 bits per heavy atom. The molecule has 1 aliphatic heterocycles. The predicted octanol–water partition coefficient (Wildman–Crippen LogP) is 0.908. The molecule has 1 fully saturated rings. The maximum Gasteiger partial charge on any atom is 0.238 e. The number of carbonyl (C=O) groups excluding carboxylic acids is 2. The number of nitrogens with one attached hydrogen (secondary N) is 1. The zero-order valence-electron chi connectivity index (χ0n) is 11.0. The highest BCUT2D eigenvalue weighted by atomic mass is 35.5. The Balaban J connectivity index is 2.16. The maximum atomic E-state index is 13.4. The molecule has 9 heteroatoms. The third kappa shape index (κ3) is 3.70. The molecule has 2 amide bonds. The van der Waals surface area contributed by atoms with E-state index in [4.69, 9.17) is 11.6 Å². The van der Waals surface area contributed by atoms with E-state index in [2.05, 4.69) is 0 Å². The van der Waals surface area contributed by atoms with Crippen molar-refractivity contribution in [2.24, 2.45) is 5.92 Å². The summed E-state index contributed by atoms with van der Waals surface area (Å²) in [6.07, 6.45) is 0.722. The molecule has 0 unspecified atom stereocenters. The number of halogens is 2. The van der Waals surface area contributed by atoms with Crippen LogP contribution in [-0.4, -0.2) is 33.0 Å². The van der Waals surface area contributed by atoms with Gasteiger partial charge in [-0.1, -0.05) is 11.6 Å². The number of nitrogens with zero attached hydrogens (tertiary/aromatic N) is 1. The van der Waals surface area contributed by atoms with Gasteiger partial charge in [0.05, 0.1) is 17.2 Å². The Hall–Kier alpha value is -1.67. The van der Waals surface area contributed by atoms with E-state index in [0.717, 1.165) is 12.3 Å². The molecule has 0 aliphatic carbocycles. The van der Waals surface area contributed by atoms with Gasteiger partial charge >= 0.3 is 0 Å². The fourth-order valence-corrected chi connectivity index (χ4v) is 2.70. The Bertz CT molecular complexity index is 707. The standard InChI is InChI=1S/C12H12ClFN2O4S/c1-21(19,20)15-12(18)7-4-11(17)16(6-7)8-2-3-9(13)10(14)5-8/h2-3,5,7H,4,6H2,1H3,(H,15,18)/t7-/m0/s1. The minimum atomic E-state index is -3.68. The average molecular weight is 335 g/mol. The lowest BCUT2D eigenvalue weighted by Crippen LogP contribution is -2.36. The first-order valence-electron chi connectivity index (χ1n) is 5.94. The largest absolute Gasteiger partial charge is 0.311 e. The number of hydrogen-bond acceptors (Lipinski definition) is 4. The molecule has 21 heavy (non-hydrogen) atoms. The summed E-state index contributed by atoms with van der Waals surface area (Å²) < 4.78 is 37.3. The lowest BCUT2D eigenvalue weighted by molar-refractivity contribution is -0.124. The van der Waals surface area contributed by atoms with Crippen molar-refractivity contribution in [2.75, 3.05) is 17.7 Å². The first kappa shape index (κ1) is 15.7. The SMILES string of the molecule is CS(=O)(=O)NC(=O)[C@H]1CC(=O)N(c2ccc(Cl)c(F)c2)C1. The van der Waals surface area contributed by atoms with Gasteiger partial charge in [-0.25, -0.2) is 12.8 Å². The van der Waals surface area contributed by atoms with Crippen molar-refractivity contribution < 1.29 is 22.4 Å². The van der Waals surface area contributed by atoms with Crippen molar-refractivity contribution in [2.45, 2.75) is 6.42 Å². The van der Waals surface area contributed by atoms with Gasteiger partial charge in [-0.2, -0.15) is 0 Å². The van der Waals surface area contributed by atoms with Crippen LogP contribution in [0, 0.1) is 11.7 Å². The molecule has 1 aliphatic rings. The summed E-state index contributed by atoms with van der Waals surface area (Å²) in [5, 5.41) is -0.0724. The molecule has 1 aromatic carbocycles. The van der Waals surface area contributed by atoms with E-state index in [1.54, 1.807) is 0 Å². The lowest BCUT2D eigenvalue weighted by atomic mass is 10.1. The van der Waals surface area contributed by atoms with Crippen molar-refractivity contribution in [3.05, 3.63) is 29.0 Å². The van der Waals surface area contributed by atoms with Gasteiger partial charge in [0, 0.05) is 18.7 Å². The normalized spacial score (nSPS) is 18.9. The molecule has 0 radical (unpaired) electrons. The fraction of sp³-hybridized carbons (Fsp3) is 0.333. The minimum absolute atomic E-state index is 0.0126. The predicted molar refractivity (Wildman–Crippen MR) is 74.9 cm³/mol. The van der Waals surface area contributed by atoms with Crippen LogP contribution < -0.4 is 9.62 Å². The van der Waals surface area contributed by atoms with Crippen LogP contribution >= 0.6 is 11.6 Å². The van der Waals surface area contributed by atoms with Gasteiger partial charge in [-0.3, -0.25) is 14.3 Å². The molecule has 1 atom stereocenters. The summed E-state index contributed by atoms with van der Waals surface area (Å²) >= 11 is 5.57. The number of hydrogen-bond donors (Lipinski definition) is 1. The molecule has 6 nitrogen and oxygen atoms in total. The van der Waals surface area contributed by atoms with Crippen LogP contribution in [0.3, 0.4) is 0 Å². The quantitative estimate of drug-likeness (QED) is 0.890. The van der Waals surface area contributed by atoms with Gasteiger partial charge in [0.2, 0.25) is 21.8 Å².